The molecule has 134 valence electrons. The molecular formula is C18H28ClN3O2. The Morgan fingerprint density at radius 2 is 1.75 bits per heavy atom. The van der Waals surface area contributed by atoms with Gasteiger partial charge in [0.05, 0.1) is 0 Å². The molecule has 0 saturated carbocycles. The Labute approximate surface area is 150 Å². The average molecular weight is 354 g/mol. The van der Waals surface area contributed by atoms with Crippen molar-refractivity contribution in [3.8, 4) is 0 Å². The molecule has 1 aromatic carbocycles. The van der Waals surface area contributed by atoms with E-state index in [1.807, 2.05) is 49.1 Å². The Morgan fingerprint density at radius 3 is 2.25 bits per heavy atom. The second-order valence-corrected chi connectivity index (χ2v) is 6.80. The van der Waals surface area contributed by atoms with Crippen molar-refractivity contribution < 1.29 is 9.59 Å². The fraction of sp³-hybridized carbons (Fsp3) is 0.556. The molecule has 6 heteroatoms. The zero-order valence-electron chi connectivity index (χ0n) is 14.6. The molecule has 0 aromatic heterocycles. The fourth-order valence-corrected chi connectivity index (χ4v) is 2.86. The number of carbonyl (C=O) groups is 2. The van der Waals surface area contributed by atoms with E-state index in [1.54, 1.807) is 6.92 Å². The smallest absolute Gasteiger partial charge is 0.244 e. The van der Waals surface area contributed by atoms with Crippen molar-refractivity contribution in [1.82, 2.24) is 10.2 Å². The number of piperidine rings is 1. The molecule has 1 heterocycles. The van der Waals surface area contributed by atoms with Crippen molar-refractivity contribution in [1.29, 1.82) is 0 Å². The van der Waals surface area contributed by atoms with Crippen LogP contribution in [0.4, 0.5) is 0 Å². The summed E-state index contributed by atoms with van der Waals surface area (Å²) in [6, 6.07) is 9.46. The van der Waals surface area contributed by atoms with E-state index in [0.717, 1.165) is 18.4 Å². The molecule has 3 N–H and O–H groups in total. The van der Waals surface area contributed by atoms with Crippen molar-refractivity contribution >= 4 is 24.2 Å². The number of rotatable bonds is 4. The predicted octanol–water partition coefficient (Wildman–Crippen LogP) is 2.05. The third kappa shape index (κ3) is 4.71. The van der Waals surface area contributed by atoms with Crippen LogP contribution in [0.3, 0.4) is 0 Å². The van der Waals surface area contributed by atoms with Crippen molar-refractivity contribution in [2.24, 2.45) is 11.7 Å². The molecule has 1 atom stereocenters. The molecule has 1 aliphatic rings. The zero-order valence-corrected chi connectivity index (χ0v) is 15.4. The van der Waals surface area contributed by atoms with Gasteiger partial charge < -0.3 is 16.0 Å². The van der Waals surface area contributed by atoms with Gasteiger partial charge in [-0.15, -0.1) is 12.4 Å². The highest BCUT2D eigenvalue weighted by Gasteiger charge is 2.33. The first-order valence-corrected chi connectivity index (χ1v) is 8.26. The van der Waals surface area contributed by atoms with Crippen molar-refractivity contribution in [2.75, 3.05) is 13.1 Å². The molecule has 0 spiro atoms. The van der Waals surface area contributed by atoms with Crippen LogP contribution in [-0.4, -0.2) is 35.8 Å². The van der Waals surface area contributed by atoms with Gasteiger partial charge in [-0.2, -0.15) is 0 Å². The van der Waals surface area contributed by atoms with E-state index < -0.39 is 5.54 Å². The van der Waals surface area contributed by atoms with Gasteiger partial charge in [-0.1, -0.05) is 44.2 Å². The number of benzene rings is 1. The van der Waals surface area contributed by atoms with Crippen LogP contribution < -0.4 is 11.1 Å². The SMILES string of the molecule is CC(C)C(=O)N1CCC(NC(=O)C(C)(N)c2ccccc2)CC1.Cl. The number of hydrogen-bond donors (Lipinski definition) is 2. The topological polar surface area (TPSA) is 75.4 Å². The molecule has 24 heavy (non-hydrogen) atoms. The van der Waals surface area contributed by atoms with Gasteiger partial charge in [0, 0.05) is 25.0 Å². The highest BCUT2D eigenvalue weighted by Crippen LogP contribution is 2.19. The maximum absolute atomic E-state index is 12.5. The molecular weight excluding hydrogens is 326 g/mol. The van der Waals surface area contributed by atoms with Crippen LogP contribution in [0.25, 0.3) is 0 Å². The van der Waals surface area contributed by atoms with Crippen LogP contribution in [-0.2, 0) is 15.1 Å². The van der Waals surface area contributed by atoms with Crippen molar-refractivity contribution in [3.05, 3.63) is 35.9 Å². The summed E-state index contributed by atoms with van der Waals surface area (Å²) in [5.74, 6) is 0.0339. The molecule has 1 fully saturated rings. The van der Waals surface area contributed by atoms with E-state index in [9.17, 15) is 9.59 Å². The lowest BCUT2D eigenvalue weighted by Crippen LogP contribution is -2.54. The summed E-state index contributed by atoms with van der Waals surface area (Å²) in [5.41, 5.74) is 5.98. The first kappa shape index (κ1) is 20.5. The number of nitrogens with zero attached hydrogens (tertiary/aromatic N) is 1. The van der Waals surface area contributed by atoms with Gasteiger partial charge in [0.2, 0.25) is 11.8 Å². The van der Waals surface area contributed by atoms with Crippen molar-refractivity contribution in [3.63, 3.8) is 0 Å². The minimum atomic E-state index is -1.05. The average Bonchev–Trinajstić information content (AvgIpc) is 2.55. The maximum Gasteiger partial charge on any atom is 0.244 e. The normalized spacial score (nSPS) is 17.8. The zero-order chi connectivity index (χ0) is 17.0. The highest BCUT2D eigenvalue weighted by molar-refractivity contribution is 5.87. The van der Waals surface area contributed by atoms with E-state index in [0.29, 0.717) is 13.1 Å². The molecule has 1 aromatic rings. The van der Waals surface area contributed by atoms with Gasteiger partial charge >= 0.3 is 0 Å². The van der Waals surface area contributed by atoms with E-state index in [2.05, 4.69) is 5.32 Å². The third-order valence-corrected chi connectivity index (χ3v) is 4.48. The van der Waals surface area contributed by atoms with Gasteiger partial charge in [0.25, 0.3) is 0 Å². The molecule has 0 aliphatic carbocycles. The monoisotopic (exact) mass is 353 g/mol. The quantitative estimate of drug-likeness (QED) is 0.869. The van der Waals surface area contributed by atoms with Crippen LogP contribution in [0.5, 0.6) is 0 Å². The fourth-order valence-electron chi connectivity index (χ4n) is 2.86. The number of likely N-dealkylation sites (tertiary alicyclic amines) is 1. The van der Waals surface area contributed by atoms with E-state index in [1.165, 1.54) is 0 Å². The predicted molar refractivity (Wildman–Crippen MR) is 97.8 cm³/mol. The largest absolute Gasteiger partial charge is 0.351 e. The first-order valence-electron chi connectivity index (χ1n) is 8.26. The van der Waals surface area contributed by atoms with Gasteiger partial charge in [-0.05, 0) is 25.3 Å². The van der Waals surface area contributed by atoms with Crippen LogP contribution in [0.15, 0.2) is 30.3 Å². The Hall–Kier alpha value is -1.59. The van der Waals surface area contributed by atoms with Crippen LogP contribution in [0.1, 0.15) is 39.2 Å². The summed E-state index contributed by atoms with van der Waals surface area (Å²) in [5, 5.41) is 3.04. The number of carbonyl (C=O) groups excluding carboxylic acids is 2. The molecule has 5 nitrogen and oxygen atoms in total. The molecule has 0 radical (unpaired) electrons. The second-order valence-electron chi connectivity index (χ2n) is 6.80. The van der Waals surface area contributed by atoms with Crippen LogP contribution in [0.2, 0.25) is 0 Å². The lowest BCUT2D eigenvalue weighted by Gasteiger charge is -2.35. The Balaban J connectivity index is 0.00000288. The second kappa shape index (κ2) is 8.49. The molecule has 0 bridgehead atoms. The van der Waals surface area contributed by atoms with Crippen LogP contribution in [0, 0.1) is 5.92 Å². The minimum Gasteiger partial charge on any atom is -0.351 e. The number of hydrogen-bond acceptors (Lipinski definition) is 3. The van der Waals surface area contributed by atoms with Crippen molar-refractivity contribution in [2.45, 2.75) is 45.2 Å². The Morgan fingerprint density at radius 1 is 1.21 bits per heavy atom. The summed E-state index contributed by atoms with van der Waals surface area (Å²) >= 11 is 0. The number of nitrogens with two attached hydrogens (primary N) is 1. The summed E-state index contributed by atoms with van der Waals surface area (Å²) in [7, 11) is 0. The molecule has 1 unspecified atom stereocenters. The highest BCUT2D eigenvalue weighted by atomic mass is 35.5. The molecule has 2 rings (SSSR count). The Kier molecular flexibility index (Phi) is 7.24. The lowest BCUT2D eigenvalue weighted by molar-refractivity contribution is -0.135. The summed E-state index contributed by atoms with van der Waals surface area (Å²) in [4.78, 5) is 26.4. The summed E-state index contributed by atoms with van der Waals surface area (Å²) < 4.78 is 0. The molecule has 2 amide bonds. The van der Waals surface area contributed by atoms with Crippen LogP contribution >= 0.6 is 12.4 Å². The standard InChI is InChI=1S/C18H27N3O2.ClH/c1-13(2)16(22)21-11-9-15(10-12-21)20-17(23)18(3,19)14-7-5-4-6-8-14;/h4-8,13,15H,9-12,19H2,1-3H3,(H,20,23);1H. The Bertz CT molecular complexity index is 553. The summed E-state index contributed by atoms with van der Waals surface area (Å²) in [6.07, 6.45) is 1.55. The third-order valence-electron chi connectivity index (χ3n) is 4.48. The van der Waals surface area contributed by atoms with Gasteiger partial charge in [0.1, 0.15) is 5.54 Å². The molecule has 1 aliphatic heterocycles. The number of halogens is 1. The van der Waals surface area contributed by atoms with Gasteiger partial charge in [0.15, 0.2) is 0 Å². The minimum absolute atomic E-state index is 0. The molecule has 1 saturated heterocycles. The van der Waals surface area contributed by atoms with Gasteiger partial charge in [-0.3, -0.25) is 9.59 Å². The summed E-state index contributed by atoms with van der Waals surface area (Å²) in [6.45, 7) is 6.93. The van der Waals surface area contributed by atoms with E-state index in [-0.39, 0.29) is 36.2 Å². The maximum atomic E-state index is 12.5. The van der Waals surface area contributed by atoms with Gasteiger partial charge in [-0.25, -0.2) is 0 Å². The van der Waals surface area contributed by atoms with E-state index in [4.69, 9.17) is 5.73 Å². The van der Waals surface area contributed by atoms with E-state index >= 15 is 0 Å². The lowest BCUT2D eigenvalue weighted by atomic mass is 9.91. The number of nitrogens with one attached hydrogen (secondary N) is 1. The number of amides is 2. The first-order chi connectivity index (χ1) is 10.8.